The van der Waals surface area contributed by atoms with Crippen LogP contribution in [0, 0.1) is 5.92 Å². The summed E-state index contributed by atoms with van der Waals surface area (Å²) in [5, 5.41) is 0.645. The number of carbonyl (C=O) groups excluding carboxylic acids is 1. The second-order valence-electron chi connectivity index (χ2n) is 5.05. The molecule has 0 N–H and O–H groups in total. The molecule has 2 atom stereocenters. The number of hydrogen-bond donors (Lipinski definition) is 0. The summed E-state index contributed by atoms with van der Waals surface area (Å²) in [5.41, 5.74) is 1.78. The number of esters is 1. The Hall–Kier alpha value is -1.55. The van der Waals surface area contributed by atoms with Crippen LogP contribution in [0.25, 0.3) is 11.0 Å². The van der Waals surface area contributed by atoms with Gasteiger partial charge in [0.1, 0.15) is 0 Å². The maximum atomic E-state index is 11.9. The minimum Gasteiger partial charge on any atom is -0.454 e. The summed E-state index contributed by atoms with van der Waals surface area (Å²) in [6, 6.07) is 5.55. The monoisotopic (exact) mass is 294 g/mol. The zero-order chi connectivity index (χ0) is 14.9. The molecule has 0 amide bonds. The molecular weight excluding hydrogens is 276 g/mol. The van der Waals surface area contributed by atoms with E-state index in [1.54, 1.807) is 0 Å². The number of hydrogen-bond acceptors (Lipinski definition) is 3. The van der Waals surface area contributed by atoms with Crippen LogP contribution >= 0.6 is 11.6 Å². The number of imidazole rings is 1. The average molecular weight is 295 g/mol. The number of rotatable bonds is 4. The van der Waals surface area contributed by atoms with E-state index in [9.17, 15) is 4.79 Å². The number of benzene rings is 1. The third-order valence-electron chi connectivity index (χ3n) is 3.55. The summed E-state index contributed by atoms with van der Waals surface area (Å²) in [7, 11) is 1.91. The maximum Gasteiger partial charge on any atom is 0.309 e. The lowest BCUT2D eigenvalue weighted by Crippen LogP contribution is -2.18. The van der Waals surface area contributed by atoms with Crippen LogP contribution in [0.4, 0.5) is 0 Å². The van der Waals surface area contributed by atoms with Gasteiger partial charge in [-0.05, 0) is 31.5 Å². The van der Waals surface area contributed by atoms with Gasteiger partial charge in [-0.15, -0.1) is 0 Å². The van der Waals surface area contributed by atoms with Crippen LogP contribution in [0.15, 0.2) is 18.2 Å². The average Bonchev–Trinajstić information content (AvgIpc) is 2.74. The fourth-order valence-corrected chi connectivity index (χ4v) is 2.23. The van der Waals surface area contributed by atoms with Crippen molar-refractivity contribution in [1.82, 2.24) is 9.55 Å². The van der Waals surface area contributed by atoms with Crippen molar-refractivity contribution in [2.24, 2.45) is 13.0 Å². The first-order valence-corrected chi connectivity index (χ1v) is 7.14. The van der Waals surface area contributed by atoms with Crippen molar-refractivity contribution in [3.63, 3.8) is 0 Å². The van der Waals surface area contributed by atoms with Crippen LogP contribution in [0.3, 0.4) is 0 Å². The van der Waals surface area contributed by atoms with Crippen LogP contribution in [0.2, 0.25) is 5.02 Å². The Kier molecular flexibility index (Phi) is 4.33. The summed E-state index contributed by atoms with van der Waals surface area (Å²) in [5.74, 6) is 0.436. The van der Waals surface area contributed by atoms with Crippen molar-refractivity contribution in [1.29, 1.82) is 0 Å². The summed E-state index contributed by atoms with van der Waals surface area (Å²) < 4.78 is 7.41. The summed E-state index contributed by atoms with van der Waals surface area (Å²) in [4.78, 5) is 16.4. The highest BCUT2D eigenvalue weighted by Crippen LogP contribution is 2.25. The molecule has 0 aliphatic heterocycles. The number of carbonyl (C=O) groups is 1. The number of aryl methyl sites for hydroxylation is 1. The minimum absolute atomic E-state index is 0.0958. The number of aromatic nitrogens is 2. The highest BCUT2D eigenvalue weighted by molar-refractivity contribution is 6.31. The predicted molar refractivity (Wildman–Crippen MR) is 79.7 cm³/mol. The molecule has 0 fully saturated rings. The van der Waals surface area contributed by atoms with E-state index in [4.69, 9.17) is 16.3 Å². The molecule has 0 saturated heterocycles. The van der Waals surface area contributed by atoms with Gasteiger partial charge < -0.3 is 9.30 Å². The zero-order valence-electron chi connectivity index (χ0n) is 12.2. The van der Waals surface area contributed by atoms with Gasteiger partial charge in [-0.2, -0.15) is 0 Å². The largest absolute Gasteiger partial charge is 0.454 e. The molecule has 0 aliphatic rings. The third kappa shape index (κ3) is 2.80. The van der Waals surface area contributed by atoms with Crippen molar-refractivity contribution in [3.05, 3.63) is 29.0 Å². The molecule has 2 rings (SSSR count). The van der Waals surface area contributed by atoms with Gasteiger partial charge in [0, 0.05) is 12.1 Å². The Labute approximate surface area is 123 Å². The second-order valence-corrected chi connectivity index (χ2v) is 5.49. The first-order chi connectivity index (χ1) is 9.43. The Morgan fingerprint density at radius 1 is 1.45 bits per heavy atom. The van der Waals surface area contributed by atoms with E-state index in [-0.39, 0.29) is 18.0 Å². The SMILES string of the molecule is CC[C@@H](C)C(=O)O[C@H](C)c1nc2cc(Cl)ccc2n1C. The molecule has 0 aliphatic carbocycles. The summed E-state index contributed by atoms with van der Waals surface area (Å²) >= 11 is 5.97. The number of ether oxygens (including phenoxy) is 1. The van der Waals surface area contributed by atoms with Gasteiger partial charge >= 0.3 is 5.97 Å². The van der Waals surface area contributed by atoms with Crippen molar-refractivity contribution >= 4 is 28.6 Å². The fourth-order valence-electron chi connectivity index (χ4n) is 2.06. The lowest BCUT2D eigenvalue weighted by Gasteiger charge is -2.15. The van der Waals surface area contributed by atoms with Crippen LogP contribution in [-0.4, -0.2) is 15.5 Å². The van der Waals surface area contributed by atoms with Gasteiger partial charge in [-0.1, -0.05) is 25.4 Å². The van der Waals surface area contributed by atoms with Crippen molar-refractivity contribution < 1.29 is 9.53 Å². The number of halogens is 1. The molecule has 0 unspecified atom stereocenters. The molecular formula is C15H19ClN2O2. The molecule has 108 valence electrons. The standard InChI is InChI=1S/C15H19ClN2O2/c1-5-9(2)15(19)20-10(3)14-17-12-8-11(16)6-7-13(12)18(14)4/h6-10H,5H2,1-4H3/t9-,10-/m1/s1. The van der Waals surface area contributed by atoms with E-state index in [0.29, 0.717) is 5.02 Å². The van der Waals surface area contributed by atoms with E-state index < -0.39 is 0 Å². The Balaban J connectivity index is 2.28. The van der Waals surface area contributed by atoms with Crippen molar-refractivity contribution in [2.75, 3.05) is 0 Å². The molecule has 4 nitrogen and oxygen atoms in total. The van der Waals surface area contributed by atoms with E-state index >= 15 is 0 Å². The Bertz CT molecular complexity index is 636. The van der Waals surface area contributed by atoms with Crippen LogP contribution in [0.5, 0.6) is 0 Å². The highest BCUT2D eigenvalue weighted by atomic mass is 35.5. The fraction of sp³-hybridized carbons (Fsp3) is 0.467. The van der Waals surface area contributed by atoms with Crippen LogP contribution < -0.4 is 0 Å². The number of fused-ring (bicyclic) bond motifs is 1. The van der Waals surface area contributed by atoms with Crippen LogP contribution in [0.1, 0.15) is 39.1 Å². The lowest BCUT2D eigenvalue weighted by molar-refractivity contribution is -0.153. The molecule has 0 radical (unpaired) electrons. The summed E-state index contributed by atoms with van der Waals surface area (Å²) in [6.07, 6.45) is 0.386. The molecule has 2 aromatic rings. The predicted octanol–water partition coefficient (Wildman–Crippen LogP) is 3.88. The van der Waals surface area contributed by atoms with E-state index in [2.05, 4.69) is 4.98 Å². The van der Waals surface area contributed by atoms with E-state index in [1.807, 2.05) is 50.6 Å². The first kappa shape index (κ1) is 14.9. The molecule has 5 heteroatoms. The zero-order valence-corrected chi connectivity index (χ0v) is 12.9. The minimum atomic E-state index is -0.382. The molecule has 0 bridgehead atoms. The van der Waals surface area contributed by atoms with E-state index in [1.165, 1.54) is 0 Å². The maximum absolute atomic E-state index is 11.9. The first-order valence-electron chi connectivity index (χ1n) is 6.76. The molecule has 20 heavy (non-hydrogen) atoms. The van der Waals surface area contributed by atoms with Gasteiger partial charge in [-0.25, -0.2) is 4.98 Å². The smallest absolute Gasteiger partial charge is 0.309 e. The van der Waals surface area contributed by atoms with Crippen LogP contribution in [-0.2, 0) is 16.6 Å². The van der Waals surface area contributed by atoms with Gasteiger partial charge in [-0.3, -0.25) is 4.79 Å². The Morgan fingerprint density at radius 2 is 2.15 bits per heavy atom. The van der Waals surface area contributed by atoms with E-state index in [0.717, 1.165) is 23.3 Å². The van der Waals surface area contributed by atoms with Gasteiger partial charge in [0.05, 0.1) is 17.0 Å². The normalized spacial score (nSPS) is 14.2. The van der Waals surface area contributed by atoms with Gasteiger partial charge in [0.25, 0.3) is 0 Å². The third-order valence-corrected chi connectivity index (χ3v) is 3.78. The summed E-state index contributed by atoms with van der Waals surface area (Å²) in [6.45, 7) is 5.67. The van der Waals surface area contributed by atoms with Crippen molar-refractivity contribution in [3.8, 4) is 0 Å². The quantitative estimate of drug-likeness (QED) is 0.804. The number of nitrogens with zero attached hydrogens (tertiary/aromatic N) is 2. The van der Waals surface area contributed by atoms with Gasteiger partial charge in [0.15, 0.2) is 11.9 Å². The van der Waals surface area contributed by atoms with Gasteiger partial charge in [0.2, 0.25) is 0 Å². The molecule has 0 saturated carbocycles. The molecule has 1 heterocycles. The lowest BCUT2D eigenvalue weighted by atomic mass is 10.1. The second kappa shape index (κ2) is 5.83. The molecule has 1 aromatic heterocycles. The highest BCUT2D eigenvalue weighted by Gasteiger charge is 2.21. The van der Waals surface area contributed by atoms with Crippen molar-refractivity contribution in [2.45, 2.75) is 33.3 Å². The molecule has 0 spiro atoms. The molecule has 1 aromatic carbocycles. The Morgan fingerprint density at radius 3 is 2.80 bits per heavy atom. The topological polar surface area (TPSA) is 44.1 Å².